The molecule has 1 fully saturated rings. The maximum atomic E-state index is 12.1. The second-order valence-electron chi connectivity index (χ2n) is 6.80. The van der Waals surface area contributed by atoms with Crippen LogP contribution in [0.25, 0.3) is 0 Å². The summed E-state index contributed by atoms with van der Waals surface area (Å²) in [7, 11) is 0. The molecule has 0 atom stereocenters. The quantitative estimate of drug-likeness (QED) is 0.489. The van der Waals surface area contributed by atoms with Gasteiger partial charge in [0, 0.05) is 45.0 Å². The van der Waals surface area contributed by atoms with Crippen LogP contribution in [0, 0.1) is 0 Å². The molecule has 0 aromatic heterocycles. The van der Waals surface area contributed by atoms with Crippen molar-refractivity contribution in [2.75, 3.05) is 45.0 Å². The van der Waals surface area contributed by atoms with E-state index in [2.05, 4.69) is 45.4 Å². The van der Waals surface area contributed by atoms with E-state index in [9.17, 15) is 4.79 Å². The van der Waals surface area contributed by atoms with Gasteiger partial charge in [-0.1, -0.05) is 42.5 Å². The highest BCUT2D eigenvalue weighted by atomic mass is 35.5. The van der Waals surface area contributed by atoms with Crippen LogP contribution in [0.2, 0.25) is 0 Å². The number of amides is 1. The minimum absolute atomic E-state index is 0. The molecule has 2 aromatic rings. The fraction of sp³-hybridized carbons (Fsp3) is 0.381. The summed E-state index contributed by atoms with van der Waals surface area (Å²) in [6.07, 6.45) is 0.956. The normalized spacial score (nSPS) is 14.1. The minimum atomic E-state index is -0.0872. The van der Waals surface area contributed by atoms with E-state index in [1.54, 1.807) is 12.1 Å². The zero-order valence-corrected chi connectivity index (χ0v) is 18.9. The molecule has 162 valence electrons. The highest BCUT2D eigenvalue weighted by Gasteiger charge is 2.16. The number of nitrogens with zero attached hydrogens (tertiary/aromatic N) is 2. The van der Waals surface area contributed by atoms with Gasteiger partial charge in [0.1, 0.15) is 0 Å². The molecule has 1 aliphatic rings. The topological polar surface area (TPSA) is 61.6 Å². The van der Waals surface area contributed by atoms with Crippen molar-refractivity contribution >= 4 is 48.8 Å². The van der Waals surface area contributed by atoms with Gasteiger partial charge in [0.25, 0.3) is 5.91 Å². The third kappa shape index (κ3) is 8.81. The Kier molecular flexibility index (Phi) is 13.7. The maximum absolute atomic E-state index is 12.1. The van der Waals surface area contributed by atoms with Crippen molar-refractivity contribution in [2.24, 2.45) is 0 Å². The summed E-state index contributed by atoms with van der Waals surface area (Å²) in [6.45, 7) is 7.10. The van der Waals surface area contributed by atoms with Gasteiger partial charge in [0.15, 0.2) is 0 Å². The van der Waals surface area contributed by atoms with Crippen molar-refractivity contribution in [1.82, 2.24) is 15.1 Å². The molecule has 1 aliphatic heterocycles. The average Bonchev–Trinajstić information content (AvgIpc) is 2.67. The van der Waals surface area contributed by atoms with Crippen molar-refractivity contribution in [1.29, 1.82) is 0 Å². The van der Waals surface area contributed by atoms with Crippen molar-refractivity contribution in [3.05, 3.63) is 65.7 Å². The molecule has 1 saturated heterocycles. The van der Waals surface area contributed by atoms with Gasteiger partial charge >= 0.3 is 0 Å². The molecule has 0 saturated carbocycles. The number of benzene rings is 2. The Bertz CT molecular complexity index is 710. The highest BCUT2D eigenvalue weighted by Crippen LogP contribution is 2.10. The van der Waals surface area contributed by atoms with Crippen LogP contribution in [-0.2, 0) is 6.54 Å². The van der Waals surface area contributed by atoms with Gasteiger partial charge in [0.05, 0.1) is 5.56 Å². The Hall–Kier alpha value is -1.50. The Morgan fingerprint density at radius 2 is 1.45 bits per heavy atom. The van der Waals surface area contributed by atoms with E-state index >= 15 is 0 Å². The highest BCUT2D eigenvalue weighted by molar-refractivity contribution is 5.99. The van der Waals surface area contributed by atoms with E-state index < -0.39 is 0 Å². The molecule has 1 heterocycles. The average molecular weight is 462 g/mol. The molecule has 3 N–H and O–H groups in total. The summed E-state index contributed by atoms with van der Waals surface area (Å²) >= 11 is 0. The zero-order chi connectivity index (χ0) is 18.2. The van der Waals surface area contributed by atoms with Crippen molar-refractivity contribution in [3.63, 3.8) is 0 Å². The molecule has 0 radical (unpaired) electrons. The van der Waals surface area contributed by atoms with E-state index in [1.165, 1.54) is 5.56 Å². The van der Waals surface area contributed by atoms with Crippen LogP contribution in [0.15, 0.2) is 54.6 Å². The fourth-order valence-electron chi connectivity index (χ4n) is 3.32. The summed E-state index contributed by atoms with van der Waals surface area (Å²) < 4.78 is 0. The monoisotopic (exact) mass is 460 g/mol. The van der Waals surface area contributed by atoms with E-state index in [0.717, 1.165) is 45.7 Å². The number of carbonyl (C=O) groups excluding carboxylic acids is 1. The first-order chi connectivity index (χ1) is 12.7. The fourth-order valence-corrected chi connectivity index (χ4v) is 3.32. The molecule has 1 amide bonds. The Morgan fingerprint density at radius 3 is 2.10 bits per heavy atom. The smallest absolute Gasteiger partial charge is 0.253 e. The molecule has 0 spiro atoms. The first-order valence-electron chi connectivity index (χ1n) is 9.34. The predicted molar refractivity (Wildman–Crippen MR) is 128 cm³/mol. The number of anilines is 1. The van der Waals surface area contributed by atoms with Crippen molar-refractivity contribution < 1.29 is 4.79 Å². The number of nitrogen functional groups attached to an aromatic ring is 1. The summed E-state index contributed by atoms with van der Waals surface area (Å²) in [4.78, 5) is 17.1. The molecular formula is C21H31Cl3N4O. The van der Waals surface area contributed by atoms with Gasteiger partial charge in [-0.25, -0.2) is 0 Å². The van der Waals surface area contributed by atoms with Crippen LogP contribution in [0.4, 0.5) is 5.69 Å². The maximum Gasteiger partial charge on any atom is 0.253 e. The predicted octanol–water partition coefficient (Wildman–Crippen LogP) is 3.47. The number of hydrogen-bond acceptors (Lipinski definition) is 4. The molecule has 0 bridgehead atoms. The van der Waals surface area contributed by atoms with Gasteiger partial charge in [-0.15, -0.1) is 37.2 Å². The molecule has 3 rings (SSSR count). The summed E-state index contributed by atoms with van der Waals surface area (Å²) in [5.74, 6) is -0.0872. The van der Waals surface area contributed by atoms with Gasteiger partial charge in [-0.05, 0) is 30.7 Å². The number of para-hydroxylation sites is 1. The van der Waals surface area contributed by atoms with E-state index in [0.29, 0.717) is 17.8 Å². The van der Waals surface area contributed by atoms with Gasteiger partial charge in [-0.3, -0.25) is 9.69 Å². The second kappa shape index (κ2) is 14.5. The van der Waals surface area contributed by atoms with Gasteiger partial charge in [0.2, 0.25) is 0 Å². The number of hydrogen-bond donors (Lipinski definition) is 2. The third-order valence-electron chi connectivity index (χ3n) is 4.86. The number of nitrogens with one attached hydrogen (secondary N) is 1. The van der Waals surface area contributed by atoms with E-state index in [1.807, 2.05) is 12.1 Å². The van der Waals surface area contributed by atoms with Crippen LogP contribution in [0.1, 0.15) is 22.3 Å². The Labute approximate surface area is 192 Å². The van der Waals surface area contributed by atoms with Crippen LogP contribution in [-0.4, -0.2) is 55.0 Å². The Balaban J connectivity index is 0.00000261. The lowest BCUT2D eigenvalue weighted by Gasteiger charge is -2.34. The van der Waals surface area contributed by atoms with Crippen molar-refractivity contribution in [3.8, 4) is 0 Å². The molecule has 29 heavy (non-hydrogen) atoms. The molecule has 0 unspecified atom stereocenters. The largest absolute Gasteiger partial charge is 0.398 e. The lowest BCUT2D eigenvalue weighted by atomic mass is 10.1. The zero-order valence-electron chi connectivity index (χ0n) is 16.5. The third-order valence-corrected chi connectivity index (χ3v) is 4.86. The molecule has 8 heteroatoms. The number of rotatable bonds is 7. The lowest BCUT2D eigenvalue weighted by molar-refractivity contribution is 0.0948. The van der Waals surface area contributed by atoms with Crippen LogP contribution >= 0.6 is 37.2 Å². The van der Waals surface area contributed by atoms with Gasteiger partial charge in [-0.2, -0.15) is 0 Å². The number of piperazine rings is 1. The lowest BCUT2D eigenvalue weighted by Crippen LogP contribution is -2.46. The van der Waals surface area contributed by atoms with Crippen LogP contribution in [0.3, 0.4) is 0 Å². The molecule has 0 aliphatic carbocycles. The first-order valence-corrected chi connectivity index (χ1v) is 9.34. The summed E-state index contributed by atoms with van der Waals surface area (Å²) in [5.41, 5.74) is 8.30. The number of carbonyl (C=O) groups is 1. The minimum Gasteiger partial charge on any atom is -0.398 e. The molecule has 2 aromatic carbocycles. The first kappa shape index (κ1) is 27.5. The second-order valence-corrected chi connectivity index (χ2v) is 6.80. The van der Waals surface area contributed by atoms with Crippen LogP contribution < -0.4 is 11.1 Å². The van der Waals surface area contributed by atoms with Crippen molar-refractivity contribution in [2.45, 2.75) is 13.0 Å². The number of nitrogens with two attached hydrogens (primary N) is 1. The van der Waals surface area contributed by atoms with Crippen LogP contribution in [0.5, 0.6) is 0 Å². The van der Waals surface area contributed by atoms with E-state index in [4.69, 9.17) is 5.73 Å². The summed E-state index contributed by atoms with van der Waals surface area (Å²) in [6, 6.07) is 17.8. The number of halogens is 3. The molecular weight excluding hydrogens is 431 g/mol. The summed E-state index contributed by atoms with van der Waals surface area (Å²) in [5, 5.41) is 2.96. The Morgan fingerprint density at radius 1 is 0.862 bits per heavy atom. The van der Waals surface area contributed by atoms with Gasteiger partial charge < -0.3 is 16.0 Å². The van der Waals surface area contributed by atoms with E-state index in [-0.39, 0.29) is 43.1 Å². The standard InChI is InChI=1S/C21H28N4O.3ClH/c22-20-10-5-4-9-19(20)21(26)23-11-6-12-24-13-15-25(16-14-24)17-18-7-2-1-3-8-18;;;/h1-5,7-10H,6,11-17,22H2,(H,23,26);3*1H. The SMILES string of the molecule is Cl.Cl.Cl.Nc1ccccc1C(=O)NCCCN1CCN(Cc2ccccc2)CC1. The molecule has 5 nitrogen and oxygen atoms in total.